The highest BCUT2D eigenvalue weighted by molar-refractivity contribution is 5.92. The fourth-order valence-corrected chi connectivity index (χ4v) is 4.20. The Bertz CT molecular complexity index is 773. The van der Waals surface area contributed by atoms with Crippen molar-refractivity contribution >= 4 is 11.7 Å². The van der Waals surface area contributed by atoms with Gasteiger partial charge >= 0.3 is 0 Å². The Morgan fingerprint density at radius 3 is 2.58 bits per heavy atom. The first-order valence-corrected chi connectivity index (χ1v) is 9.58. The molecule has 0 N–H and O–H groups in total. The summed E-state index contributed by atoms with van der Waals surface area (Å²) in [6, 6.07) is 10.7. The van der Waals surface area contributed by atoms with Crippen LogP contribution in [0.3, 0.4) is 0 Å². The first-order chi connectivity index (χ1) is 12.7. The topological polar surface area (TPSA) is 49.3 Å². The molecule has 2 aliphatic rings. The number of anilines is 1. The summed E-state index contributed by atoms with van der Waals surface area (Å²) in [4.78, 5) is 25.8. The van der Waals surface area contributed by atoms with Crippen LogP contribution in [0.15, 0.2) is 42.7 Å². The molecule has 0 bridgehead atoms. The number of carbonyl (C=O) groups is 1. The number of hydrogen-bond donors (Lipinski definition) is 0. The minimum absolute atomic E-state index is 0.0136. The van der Waals surface area contributed by atoms with E-state index in [4.69, 9.17) is 0 Å². The average Bonchev–Trinajstić information content (AvgIpc) is 3.23. The second kappa shape index (κ2) is 7.06. The predicted octanol–water partition coefficient (Wildman–Crippen LogP) is 3.27. The van der Waals surface area contributed by atoms with E-state index < -0.39 is 0 Å². The van der Waals surface area contributed by atoms with Crippen LogP contribution in [-0.2, 0) is 5.41 Å². The Hall–Kier alpha value is -2.43. The predicted molar refractivity (Wildman–Crippen MR) is 102 cm³/mol. The number of amides is 1. The van der Waals surface area contributed by atoms with Crippen LogP contribution in [-0.4, -0.2) is 47.0 Å². The average molecular weight is 350 g/mol. The fraction of sp³-hybridized carbons (Fsp3) is 0.476. The summed E-state index contributed by atoms with van der Waals surface area (Å²) in [5, 5.41) is 0. The van der Waals surface area contributed by atoms with E-state index in [9.17, 15) is 4.79 Å². The zero-order valence-electron chi connectivity index (χ0n) is 15.4. The number of aromatic nitrogens is 2. The van der Waals surface area contributed by atoms with Gasteiger partial charge in [0.05, 0.1) is 12.4 Å². The molecule has 1 aromatic heterocycles. The molecule has 136 valence electrons. The molecule has 1 unspecified atom stereocenters. The SMILES string of the molecule is CC1(c2ccccc2)CCCN(c2cncc(C(=O)N3CCCC3)n2)C1. The molecule has 2 aliphatic heterocycles. The van der Waals surface area contributed by atoms with Crippen molar-refractivity contribution in [3.8, 4) is 0 Å². The van der Waals surface area contributed by atoms with Crippen LogP contribution in [0, 0.1) is 0 Å². The molecule has 0 aliphatic carbocycles. The lowest BCUT2D eigenvalue weighted by atomic mass is 9.76. The molecule has 5 heteroatoms. The molecule has 1 aromatic carbocycles. The van der Waals surface area contributed by atoms with Gasteiger partial charge in [0.2, 0.25) is 0 Å². The number of hydrogen-bond acceptors (Lipinski definition) is 4. The van der Waals surface area contributed by atoms with E-state index in [1.165, 1.54) is 5.56 Å². The summed E-state index contributed by atoms with van der Waals surface area (Å²) >= 11 is 0. The van der Waals surface area contributed by atoms with E-state index in [2.05, 4.69) is 52.1 Å². The molecular weight excluding hydrogens is 324 g/mol. The standard InChI is InChI=1S/C21H26N4O/c1-21(17-8-3-2-4-9-17)10-7-13-25(16-21)19-15-22-14-18(23-19)20(26)24-11-5-6-12-24/h2-4,8-9,14-15H,5-7,10-13,16H2,1H3. The van der Waals surface area contributed by atoms with Crippen LogP contribution in [0.5, 0.6) is 0 Å². The number of benzene rings is 1. The lowest BCUT2D eigenvalue weighted by molar-refractivity contribution is 0.0786. The normalized spacial score (nSPS) is 23.3. The molecule has 0 saturated carbocycles. The quantitative estimate of drug-likeness (QED) is 0.852. The van der Waals surface area contributed by atoms with Crippen LogP contribution in [0.4, 0.5) is 5.82 Å². The largest absolute Gasteiger partial charge is 0.354 e. The summed E-state index contributed by atoms with van der Waals surface area (Å²) in [6.07, 6.45) is 7.83. The highest BCUT2D eigenvalue weighted by Gasteiger charge is 2.33. The summed E-state index contributed by atoms with van der Waals surface area (Å²) < 4.78 is 0. The first kappa shape index (κ1) is 17.0. The smallest absolute Gasteiger partial charge is 0.274 e. The van der Waals surface area contributed by atoms with E-state index in [0.29, 0.717) is 5.69 Å². The van der Waals surface area contributed by atoms with Gasteiger partial charge < -0.3 is 9.80 Å². The van der Waals surface area contributed by atoms with Crippen molar-refractivity contribution in [1.82, 2.24) is 14.9 Å². The Morgan fingerprint density at radius 2 is 1.81 bits per heavy atom. The molecule has 3 heterocycles. The molecule has 26 heavy (non-hydrogen) atoms. The van der Waals surface area contributed by atoms with E-state index >= 15 is 0 Å². The molecule has 5 nitrogen and oxygen atoms in total. The maximum absolute atomic E-state index is 12.6. The van der Waals surface area contributed by atoms with Crippen LogP contribution < -0.4 is 4.90 Å². The highest BCUT2D eigenvalue weighted by atomic mass is 16.2. The van der Waals surface area contributed by atoms with Crippen molar-refractivity contribution < 1.29 is 4.79 Å². The minimum Gasteiger partial charge on any atom is -0.354 e. The fourth-order valence-electron chi connectivity index (χ4n) is 4.20. The van der Waals surface area contributed by atoms with Gasteiger partial charge in [0.15, 0.2) is 0 Å². The zero-order chi connectivity index (χ0) is 18.0. The summed E-state index contributed by atoms with van der Waals surface area (Å²) in [6.45, 7) is 5.84. The van der Waals surface area contributed by atoms with Crippen molar-refractivity contribution in [1.29, 1.82) is 0 Å². The summed E-state index contributed by atoms with van der Waals surface area (Å²) in [7, 11) is 0. The Labute approximate surface area is 155 Å². The molecule has 2 aromatic rings. The number of rotatable bonds is 3. The minimum atomic E-state index is 0.0136. The Morgan fingerprint density at radius 1 is 1.04 bits per heavy atom. The van der Waals surface area contributed by atoms with Gasteiger partial charge in [-0.15, -0.1) is 0 Å². The van der Waals surface area contributed by atoms with Gasteiger partial charge in [-0.3, -0.25) is 9.78 Å². The Balaban J connectivity index is 1.55. The van der Waals surface area contributed by atoms with E-state index in [1.807, 2.05) is 4.90 Å². The summed E-state index contributed by atoms with van der Waals surface area (Å²) in [5.41, 5.74) is 1.93. The van der Waals surface area contributed by atoms with E-state index in [1.54, 1.807) is 12.4 Å². The molecule has 2 fully saturated rings. The Kier molecular flexibility index (Phi) is 4.62. The second-order valence-corrected chi connectivity index (χ2v) is 7.71. The lowest BCUT2D eigenvalue weighted by Gasteiger charge is -2.41. The van der Waals surface area contributed by atoms with Crippen molar-refractivity contribution in [2.45, 2.75) is 38.0 Å². The van der Waals surface area contributed by atoms with Gasteiger partial charge in [0, 0.05) is 31.6 Å². The highest BCUT2D eigenvalue weighted by Crippen LogP contribution is 2.35. The molecule has 1 atom stereocenters. The maximum Gasteiger partial charge on any atom is 0.274 e. The third kappa shape index (κ3) is 3.30. The van der Waals surface area contributed by atoms with Crippen molar-refractivity contribution in [3.05, 3.63) is 54.0 Å². The molecule has 2 saturated heterocycles. The van der Waals surface area contributed by atoms with Crippen molar-refractivity contribution in [3.63, 3.8) is 0 Å². The molecular formula is C21H26N4O. The van der Waals surface area contributed by atoms with Gasteiger partial charge in [-0.25, -0.2) is 4.98 Å². The van der Waals surface area contributed by atoms with Crippen LogP contribution >= 0.6 is 0 Å². The lowest BCUT2D eigenvalue weighted by Crippen LogP contribution is -2.45. The van der Waals surface area contributed by atoms with Gasteiger partial charge in [-0.1, -0.05) is 37.3 Å². The summed E-state index contributed by atoms with van der Waals surface area (Å²) in [5.74, 6) is 0.830. The second-order valence-electron chi connectivity index (χ2n) is 7.71. The maximum atomic E-state index is 12.6. The molecule has 1 amide bonds. The zero-order valence-corrected chi connectivity index (χ0v) is 15.4. The van der Waals surface area contributed by atoms with Crippen LogP contribution in [0.25, 0.3) is 0 Å². The van der Waals surface area contributed by atoms with Gasteiger partial charge in [-0.2, -0.15) is 0 Å². The number of likely N-dealkylation sites (tertiary alicyclic amines) is 1. The van der Waals surface area contributed by atoms with Gasteiger partial charge in [-0.05, 0) is 31.2 Å². The molecule has 0 spiro atoms. The molecule has 0 radical (unpaired) electrons. The molecule has 4 rings (SSSR count). The van der Waals surface area contributed by atoms with Crippen molar-refractivity contribution in [2.24, 2.45) is 0 Å². The third-order valence-corrected chi connectivity index (χ3v) is 5.73. The van der Waals surface area contributed by atoms with Crippen LogP contribution in [0.2, 0.25) is 0 Å². The van der Waals surface area contributed by atoms with Crippen LogP contribution in [0.1, 0.15) is 48.7 Å². The van der Waals surface area contributed by atoms with E-state index in [0.717, 1.165) is 57.7 Å². The monoisotopic (exact) mass is 350 g/mol. The van der Waals surface area contributed by atoms with E-state index in [-0.39, 0.29) is 11.3 Å². The third-order valence-electron chi connectivity index (χ3n) is 5.73. The van der Waals surface area contributed by atoms with Gasteiger partial charge in [0.25, 0.3) is 5.91 Å². The first-order valence-electron chi connectivity index (χ1n) is 9.58. The number of nitrogens with zero attached hydrogens (tertiary/aromatic N) is 4. The van der Waals surface area contributed by atoms with Gasteiger partial charge in [0.1, 0.15) is 11.5 Å². The number of carbonyl (C=O) groups excluding carboxylic acids is 1. The number of piperidine rings is 1. The van der Waals surface area contributed by atoms with Crippen molar-refractivity contribution in [2.75, 3.05) is 31.1 Å².